The normalized spacial score (nSPS) is 15.9. The van der Waals surface area contributed by atoms with Crippen LogP contribution in [0, 0.1) is 6.92 Å². The van der Waals surface area contributed by atoms with Crippen LogP contribution < -0.4 is 5.32 Å². The molecule has 0 spiro atoms. The SMILES string of the molecule is Cc1cccc(-c2nnc(SCC(=O)NC3CCCc4ccccc43)n2C)c1. The van der Waals surface area contributed by atoms with Gasteiger partial charge in [0.1, 0.15) is 0 Å². The minimum atomic E-state index is 0.0341. The molecule has 0 radical (unpaired) electrons. The van der Waals surface area contributed by atoms with Gasteiger partial charge in [0.05, 0.1) is 11.8 Å². The number of carbonyl (C=O) groups excluding carboxylic acids is 1. The highest BCUT2D eigenvalue weighted by Crippen LogP contribution is 2.30. The monoisotopic (exact) mass is 392 g/mol. The van der Waals surface area contributed by atoms with Crippen LogP contribution in [0.1, 0.15) is 35.6 Å². The lowest BCUT2D eigenvalue weighted by molar-refractivity contribution is -0.119. The molecule has 4 rings (SSSR count). The van der Waals surface area contributed by atoms with Gasteiger partial charge < -0.3 is 9.88 Å². The quantitative estimate of drug-likeness (QED) is 0.665. The van der Waals surface area contributed by atoms with Crippen LogP contribution in [0.3, 0.4) is 0 Å². The maximum Gasteiger partial charge on any atom is 0.230 e. The van der Waals surface area contributed by atoms with E-state index >= 15 is 0 Å². The number of aryl methyl sites for hydroxylation is 2. The van der Waals surface area contributed by atoms with E-state index in [-0.39, 0.29) is 11.9 Å². The summed E-state index contributed by atoms with van der Waals surface area (Å²) >= 11 is 1.42. The number of hydrogen-bond donors (Lipinski definition) is 1. The number of nitrogens with one attached hydrogen (secondary N) is 1. The largest absolute Gasteiger partial charge is 0.349 e. The van der Waals surface area contributed by atoms with Gasteiger partial charge >= 0.3 is 0 Å². The summed E-state index contributed by atoms with van der Waals surface area (Å²) in [5.41, 5.74) is 4.82. The Labute approximate surface area is 169 Å². The molecule has 1 N–H and O–H groups in total. The number of rotatable bonds is 5. The number of hydrogen-bond acceptors (Lipinski definition) is 4. The molecule has 0 aliphatic heterocycles. The molecule has 28 heavy (non-hydrogen) atoms. The number of thioether (sulfide) groups is 1. The molecule has 6 heteroatoms. The third kappa shape index (κ3) is 3.97. The molecule has 3 aromatic rings. The Kier molecular flexibility index (Phi) is 5.48. The van der Waals surface area contributed by atoms with E-state index in [0.29, 0.717) is 5.75 Å². The lowest BCUT2D eigenvalue weighted by atomic mass is 9.88. The predicted molar refractivity (Wildman–Crippen MR) is 112 cm³/mol. The summed E-state index contributed by atoms with van der Waals surface area (Å²) in [4.78, 5) is 12.5. The van der Waals surface area contributed by atoms with Crippen LogP contribution in [-0.2, 0) is 18.3 Å². The molecule has 0 bridgehead atoms. The van der Waals surface area contributed by atoms with E-state index in [1.165, 1.54) is 28.5 Å². The molecule has 0 fully saturated rings. The molecule has 1 aliphatic rings. The number of carbonyl (C=O) groups is 1. The van der Waals surface area contributed by atoms with Crippen molar-refractivity contribution >= 4 is 17.7 Å². The molecule has 0 saturated heterocycles. The van der Waals surface area contributed by atoms with E-state index in [2.05, 4.69) is 52.8 Å². The van der Waals surface area contributed by atoms with Crippen LogP contribution in [0.5, 0.6) is 0 Å². The smallest absolute Gasteiger partial charge is 0.230 e. The van der Waals surface area contributed by atoms with E-state index < -0.39 is 0 Å². The second kappa shape index (κ2) is 8.19. The van der Waals surface area contributed by atoms with Crippen molar-refractivity contribution in [2.24, 2.45) is 7.05 Å². The average Bonchev–Trinajstić information content (AvgIpc) is 3.07. The van der Waals surface area contributed by atoms with Gasteiger partial charge in [-0.3, -0.25) is 4.79 Å². The second-order valence-corrected chi connectivity index (χ2v) is 8.18. The van der Waals surface area contributed by atoms with E-state index in [0.717, 1.165) is 35.8 Å². The van der Waals surface area contributed by atoms with Gasteiger partial charge in [0, 0.05) is 12.6 Å². The van der Waals surface area contributed by atoms with E-state index in [9.17, 15) is 4.79 Å². The van der Waals surface area contributed by atoms with Crippen molar-refractivity contribution in [1.29, 1.82) is 0 Å². The zero-order chi connectivity index (χ0) is 19.5. The number of aromatic nitrogens is 3. The summed E-state index contributed by atoms with van der Waals surface area (Å²) < 4.78 is 1.95. The third-order valence-corrected chi connectivity index (χ3v) is 6.17. The first-order valence-electron chi connectivity index (χ1n) is 9.58. The number of fused-ring (bicyclic) bond motifs is 1. The highest BCUT2D eigenvalue weighted by molar-refractivity contribution is 7.99. The van der Waals surface area contributed by atoms with E-state index in [1.54, 1.807) is 0 Å². The van der Waals surface area contributed by atoms with Crippen LogP contribution in [0.2, 0.25) is 0 Å². The van der Waals surface area contributed by atoms with Gasteiger partial charge in [-0.1, -0.05) is 59.8 Å². The van der Waals surface area contributed by atoms with Crippen molar-refractivity contribution in [2.45, 2.75) is 37.4 Å². The molecule has 1 heterocycles. The summed E-state index contributed by atoms with van der Waals surface area (Å²) in [6.07, 6.45) is 3.20. The van der Waals surface area contributed by atoms with Crippen LogP contribution in [-0.4, -0.2) is 26.4 Å². The molecule has 2 aromatic carbocycles. The molecular weight excluding hydrogens is 368 g/mol. The maximum absolute atomic E-state index is 12.5. The number of benzene rings is 2. The lowest BCUT2D eigenvalue weighted by Crippen LogP contribution is -2.32. The summed E-state index contributed by atoms with van der Waals surface area (Å²) in [6.45, 7) is 2.06. The highest BCUT2D eigenvalue weighted by atomic mass is 32.2. The topological polar surface area (TPSA) is 59.8 Å². The Morgan fingerprint density at radius 1 is 1.21 bits per heavy atom. The summed E-state index contributed by atoms with van der Waals surface area (Å²) in [5.74, 6) is 1.18. The fraction of sp³-hybridized carbons (Fsp3) is 0.318. The molecule has 1 aromatic heterocycles. The van der Waals surface area contributed by atoms with Gasteiger partial charge in [0.2, 0.25) is 5.91 Å². The van der Waals surface area contributed by atoms with Crippen molar-refractivity contribution in [2.75, 3.05) is 5.75 Å². The minimum absolute atomic E-state index is 0.0341. The Morgan fingerprint density at radius 3 is 2.93 bits per heavy atom. The highest BCUT2D eigenvalue weighted by Gasteiger charge is 2.21. The van der Waals surface area contributed by atoms with Gasteiger partial charge in [0.25, 0.3) is 0 Å². The minimum Gasteiger partial charge on any atom is -0.349 e. The molecule has 1 amide bonds. The summed E-state index contributed by atoms with van der Waals surface area (Å²) in [5, 5.41) is 12.5. The molecule has 1 unspecified atom stereocenters. The van der Waals surface area contributed by atoms with Crippen LogP contribution >= 0.6 is 11.8 Å². The van der Waals surface area contributed by atoms with Crippen LogP contribution in [0.4, 0.5) is 0 Å². The van der Waals surface area contributed by atoms with Gasteiger partial charge in [0.15, 0.2) is 11.0 Å². The van der Waals surface area contributed by atoms with Crippen LogP contribution in [0.25, 0.3) is 11.4 Å². The number of amides is 1. The average molecular weight is 393 g/mol. The van der Waals surface area contributed by atoms with Crippen molar-refractivity contribution in [3.8, 4) is 11.4 Å². The van der Waals surface area contributed by atoms with Gasteiger partial charge in [-0.2, -0.15) is 0 Å². The Morgan fingerprint density at radius 2 is 2.07 bits per heavy atom. The lowest BCUT2D eigenvalue weighted by Gasteiger charge is -2.26. The standard InChI is InChI=1S/C22H24N4OS/c1-15-7-5-10-17(13-15)21-24-25-22(26(21)2)28-14-20(27)23-19-12-6-9-16-8-3-4-11-18(16)19/h3-5,7-8,10-11,13,19H,6,9,12,14H2,1-2H3,(H,23,27). The predicted octanol–water partition coefficient (Wildman–Crippen LogP) is 4.08. The van der Waals surface area contributed by atoms with Gasteiger partial charge in [-0.25, -0.2) is 0 Å². The van der Waals surface area contributed by atoms with Crippen LogP contribution in [0.15, 0.2) is 53.7 Å². The zero-order valence-electron chi connectivity index (χ0n) is 16.2. The molecule has 1 aliphatic carbocycles. The second-order valence-electron chi connectivity index (χ2n) is 7.23. The van der Waals surface area contributed by atoms with E-state index in [4.69, 9.17) is 0 Å². The first-order chi connectivity index (χ1) is 13.6. The maximum atomic E-state index is 12.5. The van der Waals surface area contributed by atoms with Crippen molar-refractivity contribution in [1.82, 2.24) is 20.1 Å². The zero-order valence-corrected chi connectivity index (χ0v) is 17.0. The summed E-state index contributed by atoms with van der Waals surface area (Å²) in [7, 11) is 1.94. The number of nitrogens with zero attached hydrogens (tertiary/aromatic N) is 3. The fourth-order valence-electron chi connectivity index (χ4n) is 3.75. The third-order valence-electron chi connectivity index (χ3n) is 5.15. The Bertz CT molecular complexity index is 998. The fourth-order valence-corrected chi connectivity index (χ4v) is 4.47. The molecule has 1 atom stereocenters. The van der Waals surface area contributed by atoms with Crippen molar-refractivity contribution in [3.63, 3.8) is 0 Å². The Balaban J connectivity index is 1.40. The molecule has 0 saturated carbocycles. The first-order valence-corrected chi connectivity index (χ1v) is 10.6. The summed E-state index contributed by atoms with van der Waals surface area (Å²) in [6, 6.07) is 16.7. The molecular formula is C22H24N4OS. The first kappa shape index (κ1) is 18.7. The Hall–Kier alpha value is -2.60. The molecule has 5 nitrogen and oxygen atoms in total. The van der Waals surface area contributed by atoms with Gasteiger partial charge in [-0.05, 0) is 43.4 Å². The van der Waals surface area contributed by atoms with Gasteiger partial charge in [-0.15, -0.1) is 10.2 Å². The van der Waals surface area contributed by atoms with Crippen molar-refractivity contribution < 1.29 is 4.79 Å². The molecule has 144 valence electrons. The van der Waals surface area contributed by atoms with Crippen molar-refractivity contribution in [3.05, 3.63) is 65.2 Å². The van der Waals surface area contributed by atoms with E-state index in [1.807, 2.05) is 29.8 Å².